The highest BCUT2D eigenvalue weighted by Crippen LogP contribution is 2.15. The van der Waals surface area contributed by atoms with E-state index >= 15 is 0 Å². The lowest BCUT2D eigenvalue weighted by Gasteiger charge is -2.04. The first kappa shape index (κ1) is 16.4. The molecule has 0 atom stereocenters. The van der Waals surface area contributed by atoms with E-state index in [4.69, 9.17) is 4.52 Å². The van der Waals surface area contributed by atoms with Crippen molar-refractivity contribution in [3.05, 3.63) is 81.9 Å². The molecule has 2 aromatic carbocycles. The highest BCUT2D eigenvalue weighted by atomic mass is 79.9. The lowest BCUT2D eigenvalue weighted by Crippen LogP contribution is -2.23. The van der Waals surface area contributed by atoms with Gasteiger partial charge in [-0.3, -0.25) is 4.79 Å². The molecule has 0 saturated heterocycles. The number of aromatic nitrogens is 2. The van der Waals surface area contributed by atoms with Gasteiger partial charge in [0.2, 0.25) is 5.89 Å². The third-order valence-electron chi connectivity index (χ3n) is 3.51. The maximum atomic E-state index is 12.1. The summed E-state index contributed by atoms with van der Waals surface area (Å²) in [6, 6.07) is 17.4. The van der Waals surface area contributed by atoms with Crippen LogP contribution in [0.15, 0.2) is 63.6 Å². The van der Waals surface area contributed by atoms with E-state index in [1.807, 2.05) is 36.4 Å². The Hall–Kier alpha value is -2.47. The number of benzene rings is 2. The van der Waals surface area contributed by atoms with Gasteiger partial charge in [0.25, 0.3) is 5.91 Å². The highest BCUT2D eigenvalue weighted by molar-refractivity contribution is 9.10. The Bertz CT molecular complexity index is 818. The first-order valence-electron chi connectivity index (χ1n) is 7.60. The predicted molar refractivity (Wildman–Crippen MR) is 93.5 cm³/mol. The summed E-state index contributed by atoms with van der Waals surface area (Å²) in [4.78, 5) is 16.4. The Labute approximate surface area is 148 Å². The van der Waals surface area contributed by atoms with Crippen LogP contribution in [-0.2, 0) is 19.4 Å². The SMILES string of the molecule is O=C(NCc1noc(CCc2ccccc2)n1)c1ccccc1Br. The lowest BCUT2D eigenvalue weighted by molar-refractivity contribution is 0.0949. The fourth-order valence-electron chi connectivity index (χ4n) is 2.26. The zero-order chi connectivity index (χ0) is 16.8. The van der Waals surface area contributed by atoms with Gasteiger partial charge in [-0.15, -0.1) is 0 Å². The van der Waals surface area contributed by atoms with E-state index < -0.39 is 0 Å². The minimum absolute atomic E-state index is 0.182. The molecule has 6 heteroatoms. The van der Waals surface area contributed by atoms with E-state index in [1.165, 1.54) is 5.56 Å². The molecular formula is C18H16BrN3O2. The van der Waals surface area contributed by atoms with Crippen molar-refractivity contribution < 1.29 is 9.32 Å². The summed E-state index contributed by atoms with van der Waals surface area (Å²) < 4.78 is 5.98. The van der Waals surface area contributed by atoms with E-state index in [0.29, 0.717) is 23.7 Å². The van der Waals surface area contributed by atoms with Crippen molar-refractivity contribution in [1.29, 1.82) is 0 Å². The predicted octanol–water partition coefficient (Wildman–Crippen LogP) is 3.55. The quantitative estimate of drug-likeness (QED) is 0.704. The summed E-state index contributed by atoms with van der Waals surface area (Å²) in [6.07, 6.45) is 1.51. The Morgan fingerprint density at radius 1 is 1.04 bits per heavy atom. The van der Waals surface area contributed by atoms with Crippen LogP contribution in [0.3, 0.4) is 0 Å². The number of hydrogen-bond donors (Lipinski definition) is 1. The molecule has 0 aliphatic rings. The second-order valence-electron chi connectivity index (χ2n) is 5.25. The smallest absolute Gasteiger partial charge is 0.252 e. The van der Waals surface area contributed by atoms with Gasteiger partial charge in [-0.2, -0.15) is 4.98 Å². The van der Waals surface area contributed by atoms with Gasteiger partial charge >= 0.3 is 0 Å². The van der Waals surface area contributed by atoms with Crippen molar-refractivity contribution in [2.75, 3.05) is 0 Å². The molecule has 0 saturated carbocycles. The monoisotopic (exact) mass is 385 g/mol. The van der Waals surface area contributed by atoms with E-state index in [0.717, 1.165) is 10.9 Å². The maximum Gasteiger partial charge on any atom is 0.252 e. The van der Waals surface area contributed by atoms with Crippen LogP contribution >= 0.6 is 15.9 Å². The second kappa shape index (κ2) is 7.88. The average molecular weight is 386 g/mol. The second-order valence-corrected chi connectivity index (χ2v) is 6.11. The van der Waals surface area contributed by atoms with Gasteiger partial charge in [0.15, 0.2) is 5.82 Å². The van der Waals surface area contributed by atoms with Gasteiger partial charge in [-0.25, -0.2) is 0 Å². The number of carbonyl (C=O) groups excluding carboxylic acids is 1. The topological polar surface area (TPSA) is 68.0 Å². The number of carbonyl (C=O) groups is 1. The molecule has 0 radical (unpaired) electrons. The van der Waals surface area contributed by atoms with Crippen LogP contribution in [0.25, 0.3) is 0 Å². The number of nitrogens with one attached hydrogen (secondary N) is 1. The molecule has 3 aromatic rings. The van der Waals surface area contributed by atoms with Crippen LogP contribution in [0.1, 0.15) is 27.6 Å². The third kappa shape index (κ3) is 4.29. The van der Waals surface area contributed by atoms with Crippen LogP contribution in [0, 0.1) is 0 Å². The number of nitrogens with zero attached hydrogens (tertiary/aromatic N) is 2. The third-order valence-corrected chi connectivity index (χ3v) is 4.20. The molecule has 24 heavy (non-hydrogen) atoms. The number of halogens is 1. The van der Waals surface area contributed by atoms with Crippen molar-refractivity contribution in [3.8, 4) is 0 Å². The Morgan fingerprint density at radius 2 is 1.79 bits per heavy atom. The number of aryl methyl sites for hydroxylation is 2. The molecule has 122 valence electrons. The molecule has 0 bridgehead atoms. The summed E-state index contributed by atoms with van der Waals surface area (Å²) in [5.74, 6) is 0.862. The van der Waals surface area contributed by atoms with Crippen LogP contribution < -0.4 is 5.32 Å². The standard InChI is InChI=1S/C18H16BrN3O2/c19-15-9-5-4-8-14(15)18(23)20-12-16-21-17(24-22-16)11-10-13-6-2-1-3-7-13/h1-9H,10-12H2,(H,20,23). The highest BCUT2D eigenvalue weighted by Gasteiger charge is 2.11. The molecule has 1 aromatic heterocycles. The summed E-state index contributed by atoms with van der Waals surface area (Å²) in [7, 11) is 0. The number of hydrogen-bond acceptors (Lipinski definition) is 4. The first-order chi connectivity index (χ1) is 11.7. The van der Waals surface area contributed by atoms with Gasteiger partial charge in [0.05, 0.1) is 12.1 Å². The van der Waals surface area contributed by atoms with Gasteiger partial charge in [-0.05, 0) is 40.0 Å². The summed E-state index contributed by atoms with van der Waals surface area (Å²) in [6.45, 7) is 0.231. The van der Waals surface area contributed by atoms with Crippen LogP contribution in [-0.4, -0.2) is 16.0 Å². The van der Waals surface area contributed by atoms with Gasteiger partial charge in [-0.1, -0.05) is 47.6 Å². The fourth-order valence-corrected chi connectivity index (χ4v) is 2.72. The molecule has 0 aliphatic heterocycles. The van der Waals surface area contributed by atoms with Gasteiger partial charge in [0.1, 0.15) is 0 Å². The molecule has 0 unspecified atom stereocenters. The van der Waals surface area contributed by atoms with Crippen molar-refractivity contribution in [1.82, 2.24) is 15.5 Å². The summed E-state index contributed by atoms with van der Waals surface area (Å²) in [5.41, 5.74) is 1.80. The first-order valence-corrected chi connectivity index (χ1v) is 8.40. The molecule has 1 N–H and O–H groups in total. The molecule has 0 spiro atoms. The zero-order valence-electron chi connectivity index (χ0n) is 12.9. The molecule has 0 fully saturated rings. The van der Waals surface area contributed by atoms with Crippen molar-refractivity contribution in [2.45, 2.75) is 19.4 Å². The normalized spacial score (nSPS) is 10.5. The lowest BCUT2D eigenvalue weighted by atomic mass is 10.1. The van der Waals surface area contributed by atoms with Crippen LogP contribution in [0.2, 0.25) is 0 Å². The van der Waals surface area contributed by atoms with E-state index in [-0.39, 0.29) is 12.5 Å². The van der Waals surface area contributed by atoms with E-state index in [9.17, 15) is 4.79 Å². The van der Waals surface area contributed by atoms with Gasteiger partial charge in [0, 0.05) is 10.9 Å². The molecular weight excluding hydrogens is 370 g/mol. The Kier molecular flexibility index (Phi) is 5.38. The molecule has 3 rings (SSSR count). The fraction of sp³-hybridized carbons (Fsp3) is 0.167. The number of rotatable bonds is 6. The molecule has 1 heterocycles. The average Bonchev–Trinajstić information content (AvgIpc) is 3.07. The van der Waals surface area contributed by atoms with E-state index in [1.54, 1.807) is 6.07 Å². The van der Waals surface area contributed by atoms with E-state index in [2.05, 4.69) is 43.5 Å². The molecule has 1 amide bonds. The van der Waals surface area contributed by atoms with Crippen LogP contribution in [0.4, 0.5) is 0 Å². The van der Waals surface area contributed by atoms with Crippen molar-refractivity contribution in [2.24, 2.45) is 0 Å². The number of amides is 1. The van der Waals surface area contributed by atoms with Crippen molar-refractivity contribution in [3.63, 3.8) is 0 Å². The largest absolute Gasteiger partial charge is 0.345 e. The van der Waals surface area contributed by atoms with Crippen molar-refractivity contribution >= 4 is 21.8 Å². The zero-order valence-corrected chi connectivity index (χ0v) is 14.5. The van der Waals surface area contributed by atoms with Crippen LogP contribution in [0.5, 0.6) is 0 Å². The maximum absolute atomic E-state index is 12.1. The Balaban J connectivity index is 1.53. The minimum Gasteiger partial charge on any atom is -0.345 e. The minimum atomic E-state index is -0.182. The Morgan fingerprint density at radius 3 is 2.58 bits per heavy atom. The molecule has 5 nitrogen and oxygen atoms in total. The summed E-state index contributed by atoms with van der Waals surface area (Å²) >= 11 is 3.36. The van der Waals surface area contributed by atoms with Gasteiger partial charge < -0.3 is 9.84 Å². The summed E-state index contributed by atoms with van der Waals surface area (Å²) in [5, 5.41) is 6.69. The molecule has 0 aliphatic carbocycles.